The monoisotopic (exact) mass is 467 g/mol. The number of benzene rings is 2. The Morgan fingerprint density at radius 3 is 1.13 bits per heavy atom. The van der Waals surface area contributed by atoms with Gasteiger partial charge in [0.15, 0.2) is 0 Å². The van der Waals surface area contributed by atoms with E-state index in [0.717, 1.165) is 11.1 Å². The molecule has 0 saturated carbocycles. The smallest absolute Gasteiger partial charge is 0.241 e. The third-order valence-corrected chi connectivity index (χ3v) is 8.47. The number of rotatable bonds is 10. The summed E-state index contributed by atoms with van der Waals surface area (Å²) in [6, 6.07) is 7.40. The summed E-state index contributed by atoms with van der Waals surface area (Å²) < 4.78 is 55.7. The van der Waals surface area contributed by atoms with E-state index in [2.05, 4.69) is 14.8 Å². The molecule has 0 spiro atoms. The Bertz CT molecular complexity index is 1020. The number of hydrogen-bond acceptors (Lipinski definition) is 5. The molecule has 2 aromatic carbocycles. The third-order valence-electron chi connectivity index (χ3n) is 4.93. The molecule has 7 nitrogen and oxygen atoms in total. The summed E-state index contributed by atoms with van der Waals surface area (Å²) in [6.07, 6.45) is 0. The molecule has 0 fully saturated rings. The Labute approximate surface area is 186 Å². The normalized spacial score (nSPS) is 12.3. The van der Waals surface area contributed by atoms with E-state index in [9.17, 15) is 16.8 Å². The minimum absolute atomic E-state index is 0.206. The lowest BCUT2D eigenvalue weighted by atomic mass is 10.1. The van der Waals surface area contributed by atoms with Crippen molar-refractivity contribution in [2.75, 3.05) is 26.2 Å². The number of aryl methyl sites for hydroxylation is 6. The Morgan fingerprint density at radius 1 is 0.548 bits per heavy atom. The fourth-order valence-electron chi connectivity index (χ4n) is 4.00. The minimum Gasteiger partial charge on any atom is -0.314 e. The Hall–Kier alpha value is -1.78. The van der Waals surface area contributed by atoms with Crippen molar-refractivity contribution in [3.63, 3.8) is 0 Å². The second kappa shape index (κ2) is 10.2. The lowest BCUT2D eigenvalue weighted by molar-refractivity contribution is 0.569. The van der Waals surface area contributed by atoms with Gasteiger partial charge in [-0.2, -0.15) is 0 Å². The molecule has 172 valence electrons. The van der Waals surface area contributed by atoms with Crippen LogP contribution >= 0.6 is 0 Å². The van der Waals surface area contributed by atoms with Crippen molar-refractivity contribution in [2.24, 2.45) is 0 Å². The average molecular weight is 468 g/mol. The maximum atomic E-state index is 12.6. The molecule has 9 heteroatoms. The molecule has 0 saturated heterocycles. The van der Waals surface area contributed by atoms with E-state index < -0.39 is 20.0 Å². The molecule has 0 aliphatic rings. The molecular weight excluding hydrogens is 434 g/mol. The highest BCUT2D eigenvalue weighted by Gasteiger charge is 2.20. The highest BCUT2D eigenvalue weighted by atomic mass is 32.2. The van der Waals surface area contributed by atoms with E-state index in [1.54, 1.807) is 27.7 Å². The zero-order chi connectivity index (χ0) is 23.4. The van der Waals surface area contributed by atoms with Crippen molar-refractivity contribution in [2.45, 2.75) is 51.3 Å². The first-order valence-corrected chi connectivity index (χ1v) is 13.2. The number of hydrogen-bond donors (Lipinski definition) is 3. The summed E-state index contributed by atoms with van der Waals surface area (Å²) in [5.41, 5.74) is 4.91. The van der Waals surface area contributed by atoms with Crippen LogP contribution in [0.15, 0.2) is 34.1 Å². The van der Waals surface area contributed by atoms with E-state index in [4.69, 9.17) is 0 Å². The molecule has 3 N–H and O–H groups in total. The first-order valence-electron chi connectivity index (χ1n) is 10.2. The van der Waals surface area contributed by atoms with Crippen LogP contribution in [0.1, 0.15) is 33.4 Å². The molecular formula is C22H33N3O4S2. The molecule has 0 bridgehead atoms. The predicted octanol–water partition coefficient (Wildman–Crippen LogP) is 2.38. The van der Waals surface area contributed by atoms with Crippen molar-refractivity contribution in [1.82, 2.24) is 14.8 Å². The van der Waals surface area contributed by atoms with Gasteiger partial charge in [0, 0.05) is 26.2 Å². The number of nitrogens with one attached hydrogen (secondary N) is 3. The Morgan fingerprint density at radius 2 is 0.839 bits per heavy atom. The van der Waals surface area contributed by atoms with Crippen LogP contribution in [0, 0.1) is 41.5 Å². The van der Waals surface area contributed by atoms with Crippen LogP contribution < -0.4 is 14.8 Å². The standard InChI is InChI=1S/C22H33N3O4S2/c1-15-11-17(3)21(18(4)12-15)30(26,27)24-9-7-23-8-10-25-31(28,29)22-19(5)13-16(2)14-20(22)6/h11-14,23-25H,7-10H2,1-6H3. The molecule has 0 heterocycles. The molecule has 31 heavy (non-hydrogen) atoms. The zero-order valence-corrected chi connectivity index (χ0v) is 20.7. The Kier molecular flexibility index (Phi) is 8.40. The third kappa shape index (κ3) is 6.60. The second-order valence-electron chi connectivity index (χ2n) is 8.00. The maximum Gasteiger partial charge on any atom is 0.241 e. The van der Waals surface area contributed by atoms with Gasteiger partial charge in [-0.1, -0.05) is 35.4 Å². The fraction of sp³-hybridized carbons (Fsp3) is 0.455. The van der Waals surface area contributed by atoms with Gasteiger partial charge in [-0.25, -0.2) is 26.3 Å². The molecule has 2 aromatic rings. The van der Waals surface area contributed by atoms with Crippen molar-refractivity contribution in [3.05, 3.63) is 57.6 Å². The molecule has 0 atom stereocenters. The van der Waals surface area contributed by atoms with Gasteiger partial charge in [-0.3, -0.25) is 0 Å². The van der Waals surface area contributed by atoms with Gasteiger partial charge in [0.2, 0.25) is 20.0 Å². The summed E-state index contributed by atoms with van der Waals surface area (Å²) in [5, 5.41) is 3.06. The van der Waals surface area contributed by atoms with E-state index in [-0.39, 0.29) is 13.1 Å². The maximum absolute atomic E-state index is 12.6. The first kappa shape index (κ1) is 25.5. The summed E-state index contributed by atoms with van der Waals surface area (Å²) in [5.74, 6) is 0. The van der Waals surface area contributed by atoms with Crippen LogP contribution in [0.5, 0.6) is 0 Å². The lowest BCUT2D eigenvalue weighted by Gasteiger charge is -2.14. The van der Waals surface area contributed by atoms with Gasteiger partial charge >= 0.3 is 0 Å². The molecule has 0 aliphatic heterocycles. The highest BCUT2D eigenvalue weighted by Crippen LogP contribution is 2.22. The van der Waals surface area contributed by atoms with Crippen molar-refractivity contribution >= 4 is 20.0 Å². The average Bonchev–Trinajstić information content (AvgIpc) is 2.58. The quantitative estimate of drug-likeness (QED) is 0.466. The molecule has 0 aliphatic carbocycles. The Balaban J connectivity index is 1.83. The highest BCUT2D eigenvalue weighted by molar-refractivity contribution is 7.89. The molecule has 2 rings (SSSR count). The van der Waals surface area contributed by atoms with E-state index in [0.29, 0.717) is 45.1 Å². The van der Waals surface area contributed by atoms with Gasteiger partial charge in [-0.15, -0.1) is 0 Å². The van der Waals surface area contributed by atoms with Gasteiger partial charge in [-0.05, 0) is 63.8 Å². The summed E-state index contributed by atoms with van der Waals surface area (Å²) in [7, 11) is -7.21. The van der Waals surface area contributed by atoms with Crippen LogP contribution in [0.2, 0.25) is 0 Å². The van der Waals surface area contributed by atoms with Gasteiger partial charge in [0.1, 0.15) is 0 Å². The van der Waals surface area contributed by atoms with Gasteiger partial charge < -0.3 is 5.32 Å². The molecule has 0 amide bonds. The van der Waals surface area contributed by atoms with Gasteiger partial charge in [0.05, 0.1) is 9.79 Å². The predicted molar refractivity (Wildman–Crippen MR) is 125 cm³/mol. The largest absolute Gasteiger partial charge is 0.314 e. The molecule has 0 radical (unpaired) electrons. The van der Waals surface area contributed by atoms with Crippen molar-refractivity contribution < 1.29 is 16.8 Å². The fourth-order valence-corrected chi connectivity index (χ4v) is 6.96. The SMILES string of the molecule is Cc1cc(C)c(S(=O)(=O)NCCNCCNS(=O)(=O)c2c(C)cc(C)cc2C)c(C)c1. The topological polar surface area (TPSA) is 104 Å². The molecule has 0 unspecified atom stereocenters. The van der Waals surface area contributed by atoms with Crippen molar-refractivity contribution in [1.29, 1.82) is 0 Å². The summed E-state index contributed by atoms with van der Waals surface area (Å²) >= 11 is 0. The molecule has 0 aromatic heterocycles. The van der Waals surface area contributed by atoms with Crippen LogP contribution in [0.4, 0.5) is 0 Å². The minimum atomic E-state index is -3.61. The van der Waals surface area contributed by atoms with E-state index in [1.807, 2.05) is 38.1 Å². The van der Waals surface area contributed by atoms with Crippen LogP contribution in [-0.4, -0.2) is 43.0 Å². The van der Waals surface area contributed by atoms with E-state index >= 15 is 0 Å². The van der Waals surface area contributed by atoms with Crippen LogP contribution in [0.3, 0.4) is 0 Å². The van der Waals surface area contributed by atoms with Crippen molar-refractivity contribution in [3.8, 4) is 0 Å². The van der Waals surface area contributed by atoms with E-state index in [1.165, 1.54) is 0 Å². The second-order valence-corrected chi connectivity index (χ2v) is 11.4. The lowest BCUT2D eigenvalue weighted by Crippen LogP contribution is -2.37. The zero-order valence-electron chi connectivity index (χ0n) is 19.1. The van der Waals surface area contributed by atoms with Gasteiger partial charge in [0.25, 0.3) is 0 Å². The summed E-state index contributed by atoms with van der Waals surface area (Å²) in [4.78, 5) is 0.629. The summed E-state index contributed by atoms with van der Waals surface area (Å²) in [6.45, 7) is 12.2. The van der Waals surface area contributed by atoms with Crippen LogP contribution in [-0.2, 0) is 20.0 Å². The first-order chi connectivity index (χ1) is 14.3. The van der Waals surface area contributed by atoms with Crippen LogP contribution in [0.25, 0.3) is 0 Å². The number of sulfonamides is 2.